The second kappa shape index (κ2) is 8.89. The normalized spacial score (nSPS) is 11.9. The van der Waals surface area contributed by atoms with E-state index in [4.69, 9.17) is 9.52 Å². The molecule has 3 rings (SSSR count). The Hall–Kier alpha value is -2.86. The molecule has 0 bridgehead atoms. The summed E-state index contributed by atoms with van der Waals surface area (Å²) in [5.74, 6) is -1.20. The topological polar surface area (TPSA) is 79.5 Å². The number of carboxylic acid groups (broad SMARTS) is 1. The molecular weight excluding hydrogens is 374 g/mol. The van der Waals surface area contributed by atoms with Crippen LogP contribution in [0, 0.1) is 6.92 Å². The van der Waals surface area contributed by atoms with Crippen LogP contribution in [0.1, 0.15) is 57.1 Å². The van der Waals surface area contributed by atoms with E-state index >= 15 is 0 Å². The molecule has 0 aliphatic rings. The fourth-order valence-electron chi connectivity index (χ4n) is 3.21. The fraction of sp³-hybridized carbons (Fsp3) is 0.273. The van der Waals surface area contributed by atoms with Gasteiger partial charge in [0.05, 0.1) is 17.9 Å². The van der Waals surface area contributed by atoms with E-state index in [0.717, 1.165) is 23.3 Å². The molecule has 5 nitrogen and oxygen atoms in total. The van der Waals surface area contributed by atoms with Crippen molar-refractivity contribution < 1.29 is 19.1 Å². The van der Waals surface area contributed by atoms with E-state index in [0.29, 0.717) is 11.1 Å². The minimum absolute atomic E-state index is 0.172. The van der Waals surface area contributed by atoms with Crippen molar-refractivity contribution in [2.75, 3.05) is 0 Å². The van der Waals surface area contributed by atoms with Crippen molar-refractivity contribution >= 4 is 23.2 Å². The molecule has 28 heavy (non-hydrogen) atoms. The molecule has 2 aromatic heterocycles. The van der Waals surface area contributed by atoms with Crippen LogP contribution in [-0.2, 0) is 17.6 Å². The molecule has 0 aliphatic carbocycles. The Balaban J connectivity index is 1.90. The molecule has 1 amide bonds. The molecule has 0 spiro atoms. The molecule has 0 saturated carbocycles. The number of carbonyl (C=O) groups excluding carboxylic acids is 1. The van der Waals surface area contributed by atoms with Crippen LogP contribution in [0.3, 0.4) is 0 Å². The lowest BCUT2D eigenvalue weighted by molar-refractivity contribution is -0.136. The van der Waals surface area contributed by atoms with E-state index in [1.165, 1.54) is 11.8 Å². The number of hydrogen-bond acceptors (Lipinski definition) is 4. The summed E-state index contributed by atoms with van der Waals surface area (Å²) >= 11 is 1.57. The first-order chi connectivity index (χ1) is 13.5. The van der Waals surface area contributed by atoms with Gasteiger partial charge in [0, 0.05) is 10.4 Å². The van der Waals surface area contributed by atoms with Gasteiger partial charge in [-0.3, -0.25) is 9.59 Å². The highest BCUT2D eigenvalue weighted by Gasteiger charge is 2.24. The van der Waals surface area contributed by atoms with Crippen molar-refractivity contribution in [2.24, 2.45) is 0 Å². The van der Waals surface area contributed by atoms with E-state index in [1.807, 2.05) is 29.6 Å². The van der Waals surface area contributed by atoms with Crippen molar-refractivity contribution in [1.82, 2.24) is 5.32 Å². The van der Waals surface area contributed by atoms with Crippen molar-refractivity contribution in [1.29, 1.82) is 0 Å². The number of benzene rings is 1. The van der Waals surface area contributed by atoms with Crippen molar-refractivity contribution in [3.05, 3.63) is 80.9 Å². The van der Waals surface area contributed by atoms with Gasteiger partial charge in [0.15, 0.2) is 0 Å². The van der Waals surface area contributed by atoms with E-state index < -0.39 is 5.97 Å². The summed E-state index contributed by atoms with van der Waals surface area (Å²) in [6.07, 6.45) is 3.19. The Morgan fingerprint density at radius 3 is 2.57 bits per heavy atom. The zero-order chi connectivity index (χ0) is 20.1. The van der Waals surface area contributed by atoms with E-state index in [-0.39, 0.29) is 24.1 Å². The molecule has 2 N–H and O–H groups in total. The highest BCUT2D eigenvalue weighted by Crippen LogP contribution is 2.28. The first-order valence-electron chi connectivity index (χ1n) is 9.21. The maximum Gasteiger partial charge on any atom is 0.311 e. The summed E-state index contributed by atoms with van der Waals surface area (Å²) < 4.78 is 5.31. The van der Waals surface area contributed by atoms with Gasteiger partial charge < -0.3 is 14.8 Å². The van der Waals surface area contributed by atoms with Crippen LogP contribution in [0.2, 0.25) is 0 Å². The van der Waals surface area contributed by atoms with Crippen LogP contribution in [0.15, 0.2) is 52.5 Å². The Labute approximate surface area is 168 Å². The van der Waals surface area contributed by atoms with E-state index in [9.17, 15) is 9.59 Å². The molecule has 0 fully saturated rings. The number of carboxylic acids is 1. The Morgan fingerprint density at radius 1 is 1.21 bits per heavy atom. The number of hydrogen-bond donors (Lipinski definition) is 2. The lowest BCUT2D eigenvalue weighted by Crippen LogP contribution is -2.30. The molecule has 0 saturated heterocycles. The number of furan rings is 1. The van der Waals surface area contributed by atoms with Gasteiger partial charge in [-0.1, -0.05) is 43.7 Å². The Morgan fingerprint density at radius 2 is 1.96 bits per heavy atom. The number of aliphatic carboxylic acids is 1. The summed E-state index contributed by atoms with van der Waals surface area (Å²) in [6.45, 7) is 3.88. The molecule has 2 heterocycles. The van der Waals surface area contributed by atoms with Gasteiger partial charge in [-0.2, -0.15) is 0 Å². The third-order valence-corrected chi connectivity index (χ3v) is 5.48. The van der Waals surface area contributed by atoms with Gasteiger partial charge in [-0.25, -0.2) is 0 Å². The van der Waals surface area contributed by atoms with Gasteiger partial charge in [0.25, 0.3) is 5.91 Å². The highest BCUT2D eigenvalue weighted by molar-refractivity contribution is 7.10. The van der Waals surface area contributed by atoms with Gasteiger partial charge in [0.2, 0.25) is 0 Å². The molecule has 1 atom stereocenters. The first-order valence-corrected chi connectivity index (χ1v) is 10.1. The fourth-order valence-corrected chi connectivity index (χ4v) is 4.02. The summed E-state index contributed by atoms with van der Waals surface area (Å²) in [5.41, 5.74) is 3.16. The maximum absolute atomic E-state index is 13.0. The minimum Gasteiger partial charge on any atom is -0.481 e. The van der Waals surface area contributed by atoms with Crippen molar-refractivity contribution in [3.63, 3.8) is 0 Å². The van der Waals surface area contributed by atoms with Gasteiger partial charge in [-0.05, 0) is 35.9 Å². The standard InChI is InChI=1S/C22H23NO4S/c1-3-5-15-7-9-16(10-8-15)21(18-6-4-11-28-18)23-22(26)20-14(2)13-27-17(20)12-19(24)25/h4,6-11,13,21H,3,5,12H2,1-2H3,(H,23,26)(H,24,25). The summed E-state index contributed by atoms with van der Waals surface area (Å²) in [5, 5.41) is 14.1. The van der Waals surface area contributed by atoms with E-state index in [2.05, 4.69) is 24.4 Å². The van der Waals surface area contributed by atoms with Crippen molar-refractivity contribution in [3.8, 4) is 0 Å². The quantitative estimate of drug-likeness (QED) is 0.575. The summed E-state index contributed by atoms with van der Waals surface area (Å²) in [7, 11) is 0. The van der Waals surface area contributed by atoms with Gasteiger partial charge in [-0.15, -0.1) is 11.3 Å². The number of rotatable bonds is 8. The summed E-state index contributed by atoms with van der Waals surface area (Å²) in [4.78, 5) is 25.1. The molecule has 146 valence electrons. The predicted molar refractivity (Wildman–Crippen MR) is 109 cm³/mol. The average Bonchev–Trinajstić information content (AvgIpc) is 3.30. The third kappa shape index (κ3) is 4.51. The van der Waals surface area contributed by atoms with Crippen LogP contribution in [0.4, 0.5) is 0 Å². The Kier molecular flexibility index (Phi) is 6.31. The summed E-state index contributed by atoms with van der Waals surface area (Å²) in [6, 6.07) is 11.9. The Bertz CT molecular complexity index is 942. The van der Waals surface area contributed by atoms with Crippen LogP contribution in [-0.4, -0.2) is 17.0 Å². The smallest absolute Gasteiger partial charge is 0.311 e. The van der Waals surface area contributed by atoms with Gasteiger partial charge in [0.1, 0.15) is 12.2 Å². The first kappa shape index (κ1) is 19.9. The molecule has 6 heteroatoms. The lowest BCUT2D eigenvalue weighted by Gasteiger charge is -2.19. The van der Waals surface area contributed by atoms with Gasteiger partial charge >= 0.3 is 5.97 Å². The highest BCUT2D eigenvalue weighted by atomic mass is 32.1. The van der Waals surface area contributed by atoms with Crippen LogP contribution in [0.25, 0.3) is 0 Å². The van der Waals surface area contributed by atoms with Crippen LogP contribution >= 0.6 is 11.3 Å². The number of carbonyl (C=O) groups is 2. The van der Waals surface area contributed by atoms with Crippen LogP contribution < -0.4 is 5.32 Å². The maximum atomic E-state index is 13.0. The molecule has 3 aromatic rings. The average molecular weight is 397 g/mol. The second-order valence-electron chi connectivity index (χ2n) is 6.70. The number of thiophene rings is 1. The third-order valence-electron chi connectivity index (χ3n) is 4.54. The van der Waals surface area contributed by atoms with Crippen molar-refractivity contribution in [2.45, 2.75) is 39.2 Å². The van der Waals surface area contributed by atoms with E-state index in [1.54, 1.807) is 18.3 Å². The predicted octanol–water partition coefficient (Wildman–Crippen LogP) is 4.75. The monoisotopic (exact) mass is 397 g/mol. The zero-order valence-corrected chi connectivity index (χ0v) is 16.7. The largest absolute Gasteiger partial charge is 0.481 e. The molecule has 1 unspecified atom stereocenters. The SMILES string of the molecule is CCCc1ccc(C(NC(=O)c2c(C)coc2CC(=O)O)c2cccs2)cc1. The van der Waals surface area contributed by atoms with Crippen LogP contribution in [0.5, 0.6) is 0 Å². The molecule has 1 aromatic carbocycles. The molecular formula is C22H23NO4S. The molecule has 0 radical (unpaired) electrons. The lowest BCUT2D eigenvalue weighted by atomic mass is 10.0. The number of amides is 1. The zero-order valence-electron chi connectivity index (χ0n) is 15.9. The molecule has 0 aliphatic heterocycles. The number of aryl methyl sites for hydroxylation is 2. The second-order valence-corrected chi connectivity index (χ2v) is 7.68. The number of nitrogens with one attached hydrogen (secondary N) is 1. The minimum atomic E-state index is -1.04.